The Bertz CT molecular complexity index is 446. The van der Waals surface area contributed by atoms with E-state index in [1.54, 1.807) is 7.11 Å². The number of nitrogens with two attached hydrogens (primary N) is 1. The summed E-state index contributed by atoms with van der Waals surface area (Å²) in [5.74, 6) is 2.72. The van der Waals surface area contributed by atoms with E-state index in [0.29, 0.717) is 0 Å². The van der Waals surface area contributed by atoms with E-state index in [1.807, 2.05) is 12.1 Å². The van der Waals surface area contributed by atoms with Crippen molar-refractivity contribution >= 4 is 11.4 Å². The van der Waals surface area contributed by atoms with Gasteiger partial charge in [0.25, 0.3) is 0 Å². The number of piperidine rings is 1. The van der Waals surface area contributed by atoms with Gasteiger partial charge in [0.1, 0.15) is 5.75 Å². The summed E-state index contributed by atoms with van der Waals surface area (Å²) >= 11 is 0. The number of hydrogen-bond acceptors (Lipinski definition) is 3. The third kappa shape index (κ3) is 2.51. The average Bonchev–Trinajstić information content (AvgIpc) is 2.47. The fourth-order valence-corrected chi connectivity index (χ4v) is 3.74. The molecule has 1 saturated carbocycles. The van der Waals surface area contributed by atoms with Crippen LogP contribution >= 0.6 is 0 Å². The van der Waals surface area contributed by atoms with Crippen LogP contribution in [0.25, 0.3) is 0 Å². The largest absolute Gasteiger partial charge is 0.497 e. The smallest absolute Gasteiger partial charge is 0.121 e. The Morgan fingerprint density at radius 1 is 1.16 bits per heavy atom. The van der Waals surface area contributed by atoms with Gasteiger partial charge in [-0.25, -0.2) is 0 Å². The lowest BCUT2D eigenvalue weighted by atomic mass is 9.75. The van der Waals surface area contributed by atoms with Crippen LogP contribution in [0.15, 0.2) is 18.2 Å². The van der Waals surface area contributed by atoms with Crippen LogP contribution in [0.4, 0.5) is 11.4 Å². The summed E-state index contributed by atoms with van der Waals surface area (Å²) in [6, 6.07) is 5.98. The highest BCUT2D eigenvalue weighted by atomic mass is 16.5. The fourth-order valence-electron chi connectivity index (χ4n) is 3.74. The van der Waals surface area contributed by atoms with Crippen LogP contribution in [-0.4, -0.2) is 20.2 Å². The minimum absolute atomic E-state index is 0.869. The summed E-state index contributed by atoms with van der Waals surface area (Å²) in [4.78, 5) is 2.46. The van der Waals surface area contributed by atoms with Crippen LogP contribution in [0.3, 0.4) is 0 Å². The van der Waals surface area contributed by atoms with Gasteiger partial charge in [0, 0.05) is 19.2 Å². The average molecular weight is 260 g/mol. The molecule has 0 bridgehead atoms. The molecule has 3 nitrogen and oxygen atoms in total. The van der Waals surface area contributed by atoms with E-state index in [-0.39, 0.29) is 0 Å². The quantitative estimate of drug-likeness (QED) is 0.829. The molecule has 1 heterocycles. The molecule has 1 saturated heterocycles. The number of benzene rings is 1. The summed E-state index contributed by atoms with van der Waals surface area (Å²) in [7, 11) is 1.71. The molecule has 2 fully saturated rings. The van der Waals surface area contributed by atoms with Crippen LogP contribution in [-0.2, 0) is 0 Å². The molecule has 3 rings (SSSR count). The fraction of sp³-hybridized carbons (Fsp3) is 0.625. The van der Waals surface area contributed by atoms with Gasteiger partial charge < -0.3 is 15.4 Å². The predicted octanol–water partition coefficient (Wildman–Crippen LogP) is 3.29. The zero-order chi connectivity index (χ0) is 13.2. The summed E-state index contributed by atoms with van der Waals surface area (Å²) < 4.78 is 5.33. The molecule has 3 heteroatoms. The number of rotatable bonds is 2. The van der Waals surface area contributed by atoms with Gasteiger partial charge >= 0.3 is 0 Å². The molecule has 104 valence electrons. The molecule has 0 aromatic heterocycles. The number of hydrogen-bond donors (Lipinski definition) is 1. The van der Waals surface area contributed by atoms with Gasteiger partial charge in [-0.15, -0.1) is 0 Å². The molecule has 2 aliphatic rings. The molecule has 1 aliphatic carbocycles. The second kappa shape index (κ2) is 5.32. The minimum Gasteiger partial charge on any atom is -0.497 e. The molecule has 1 aliphatic heterocycles. The van der Waals surface area contributed by atoms with Crippen LogP contribution in [0.5, 0.6) is 5.75 Å². The second-order valence-electron chi connectivity index (χ2n) is 5.96. The second-order valence-corrected chi connectivity index (χ2v) is 5.96. The van der Waals surface area contributed by atoms with Crippen molar-refractivity contribution in [3.63, 3.8) is 0 Å². The molecular formula is C16H24N2O. The standard InChI is InChI=1S/C16H24N2O/c1-19-14-6-7-15(17)16(10-14)18-9-8-12-4-2-3-5-13(12)11-18/h6-7,10,12-13H,2-5,8-9,11,17H2,1H3. The van der Waals surface area contributed by atoms with Gasteiger partial charge in [0.05, 0.1) is 18.5 Å². The lowest BCUT2D eigenvalue weighted by Crippen LogP contribution is -2.42. The molecule has 0 radical (unpaired) electrons. The first kappa shape index (κ1) is 12.6. The first-order valence-electron chi connectivity index (χ1n) is 7.46. The Labute approximate surface area is 115 Å². The Kier molecular flexibility index (Phi) is 3.54. The molecule has 2 atom stereocenters. The number of nitrogens with zero attached hydrogens (tertiary/aromatic N) is 1. The first-order chi connectivity index (χ1) is 9.28. The van der Waals surface area contributed by atoms with E-state index in [9.17, 15) is 0 Å². The van der Waals surface area contributed by atoms with E-state index in [1.165, 1.54) is 38.6 Å². The first-order valence-corrected chi connectivity index (χ1v) is 7.46. The zero-order valence-electron chi connectivity index (χ0n) is 11.8. The van der Waals surface area contributed by atoms with Gasteiger partial charge in [0.15, 0.2) is 0 Å². The van der Waals surface area contributed by atoms with Crippen LogP contribution in [0.2, 0.25) is 0 Å². The number of fused-ring (bicyclic) bond motifs is 1. The number of ether oxygens (including phenoxy) is 1. The van der Waals surface area contributed by atoms with E-state index >= 15 is 0 Å². The molecule has 0 amide bonds. The maximum atomic E-state index is 6.15. The highest BCUT2D eigenvalue weighted by molar-refractivity contribution is 5.69. The van der Waals surface area contributed by atoms with Crippen molar-refractivity contribution in [1.29, 1.82) is 0 Å². The summed E-state index contributed by atoms with van der Waals surface area (Å²) in [6.07, 6.45) is 6.99. The van der Waals surface area contributed by atoms with Crippen molar-refractivity contribution in [2.45, 2.75) is 32.1 Å². The van der Waals surface area contributed by atoms with Gasteiger partial charge in [-0.2, -0.15) is 0 Å². The molecular weight excluding hydrogens is 236 g/mol. The van der Waals surface area contributed by atoms with Crippen LogP contribution in [0, 0.1) is 11.8 Å². The Balaban J connectivity index is 1.79. The number of methoxy groups -OCH3 is 1. The number of nitrogen functional groups attached to an aromatic ring is 1. The van der Waals surface area contributed by atoms with Crippen molar-refractivity contribution in [3.05, 3.63) is 18.2 Å². The normalized spacial score (nSPS) is 26.9. The SMILES string of the molecule is COc1ccc(N)c(N2CCC3CCCCC3C2)c1. The maximum Gasteiger partial charge on any atom is 0.121 e. The van der Waals surface area contributed by atoms with E-state index in [4.69, 9.17) is 10.5 Å². The van der Waals surface area contributed by atoms with Crippen molar-refractivity contribution in [1.82, 2.24) is 0 Å². The van der Waals surface area contributed by atoms with E-state index in [2.05, 4.69) is 11.0 Å². The summed E-state index contributed by atoms with van der Waals surface area (Å²) in [5, 5.41) is 0. The highest BCUT2D eigenvalue weighted by Crippen LogP contribution is 2.39. The maximum absolute atomic E-state index is 6.15. The highest BCUT2D eigenvalue weighted by Gasteiger charge is 2.31. The van der Waals surface area contributed by atoms with Crippen LogP contribution in [0.1, 0.15) is 32.1 Å². The monoisotopic (exact) mass is 260 g/mol. The Morgan fingerprint density at radius 2 is 1.95 bits per heavy atom. The topological polar surface area (TPSA) is 38.5 Å². The van der Waals surface area contributed by atoms with Gasteiger partial charge in [-0.05, 0) is 36.8 Å². The number of anilines is 2. The summed E-state index contributed by atoms with van der Waals surface area (Å²) in [5.41, 5.74) is 8.17. The van der Waals surface area contributed by atoms with E-state index < -0.39 is 0 Å². The minimum atomic E-state index is 0.869. The van der Waals surface area contributed by atoms with Crippen molar-refractivity contribution < 1.29 is 4.74 Å². The van der Waals surface area contributed by atoms with Crippen LogP contribution < -0.4 is 15.4 Å². The molecule has 2 N–H and O–H groups in total. The molecule has 0 spiro atoms. The van der Waals surface area contributed by atoms with Gasteiger partial charge in [-0.3, -0.25) is 0 Å². The van der Waals surface area contributed by atoms with Gasteiger partial charge in [-0.1, -0.05) is 19.3 Å². The van der Waals surface area contributed by atoms with Gasteiger partial charge in [0.2, 0.25) is 0 Å². The Morgan fingerprint density at radius 3 is 2.74 bits per heavy atom. The Hall–Kier alpha value is -1.38. The van der Waals surface area contributed by atoms with Crippen molar-refractivity contribution in [2.24, 2.45) is 11.8 Å². The van der Waals surface area contributed by atoms with Crippen molar-refractivity contribution in [3.8, 4) is 5.75 Å². The van der Waals surface area contributed by atoms with Crippen molar-refractivity contribution in [2.75, 3.05) is 30.8 Å². The lowest BCUT2D eigenvalue weighted by Gasteiger charge is -2.42. The molecule has 19 heavy (non-hydrogen) atoms. The lowest BCUT2D eigenvalue weighted by molar-refractivity contribution is 0.202. The zero-order valence-corrected chi connectivity index (χ0v) is 11.8. The molecule has 1 aromatic rings. The third-order valence-electron chi connectivity index (χ3n) is 4.87. The predicted molar refractivity (Wildman–Crippen MR) is 79.7 cm³/mol. The molecule has 2 unspecified atom stereocenters. The summed E-state index contributed by atoms with van der Waals surface area (Å²) in [6.45, 7) is 2.31. The molecule has 1 aromatic carbocycles. The van der Waals surface area contributed by atoms with E-state index in [0.717, 1.165) is 35.5 Å². The third-order valence-corrected chi connectivity index (χ3v) is 4.87.